The number of aromatic nitrogens is 1. The molecule has 1 aromatic heterocycles. The Bertz CT molecular complexity index is 527. The van der Waals surface area contributed by atoms with Crippen molar-refractivity contribution in [2.45, 2.75) is 38.3 Å². The minimum Gasteiger partial charge on any atom is -0.382 e. The van der Waals surface area contributed by atoms with Gasteiger partial charge >= 0.3 is 0 Å². The summed E-state index contributed by atoms with van der Waals surface area (Å²) in [6.07, 6.45) is 3.66. The maximum Gasteiger partial charge on any atom is 0.265 e. The average Bonchev–Trinajstić information content (AvgIpc) is 3.09. The number of carbonyl (C=O) groups excluding carboxylic acids is 1. The Morgan fingerprint density at radius 2 is 2.29 bits per heavy atom. The molecule has 0 spiro atoms. The fourth-order valence-electron chi connectivity index (χ4n) is 2.71. The van der Waals surface area contributed by atoms with E-state index in [0.29, 0.717) is 10.7 Å². The molecular weight excluding hydrogens is 286 g/mol. The van der Waals surface area contributed by atoms with Crippen LogP contribution in [0.2, 0.25) is 0 Å². The highest BCUT2D eigenvalue weighted by Gasteiger charge is 2.35. The molecule has 1 saturated heterocycles. The van der Waals surface area contributed by atoms with Gasteiger partial charge in [-0.1, -0.05) is 11.3 Å². The van der Waals surface area contributed by atoms with Crippen molar-refractivity contribution < 1.29 is 4.79 Å². The Hall–Kier alpha value is -1.34. The molecule has 1 amide bonds. The molecule has 3 rings (SSSR count). The van der Waals surface area contributed by atoms with Crippen molar-refractivity contribution in [1.29, 1.82) is 0 Å². The van der Waals surface area contributed by atoms with Crippen LogP contribution in [-0.2, 0) is 0 Å². The number of likely N-dealkylation sites (tertiary alicyclic amines) is 1. The first kappa shape index (κ1) is 14.6. The molecule has 0 bridgehead atoms. The van der Waals surface area contributed by atoms with E-state index in [1.165, 1.54) is 24.2 Å². The Morgan fingerprint density at radius 1 is 1.52 bits per heavy atom. The Labute approximate surface area is 129 Å². The molecule has 6 nitrogen and oxygen atoms in total. The highest BCUT2D eigenvalue weighted by Crippen LogP contribution is 2.30. The lowest BCUT2D eigenvalue weighted by Gasteiger charge is -2.15. The molecule has 116 valence electrons. The third-order valence-electron chi connectivity index (χ3n) is 4.27. The first-order valence-electron chi connectivity index (χ1n) is 7.60. The number of carbonyl (C=O) groups is 1. The van der Waals surface area contributed by atoms with E-state index < -0.39 is 0 Å². The largest absolute Gasteiger partial charge is 0.382 e. The van der Waals surface area contributed by atoms with E-state index in [4.69, 9.17) is 5.73 Å². The van der Waals surface area contributed by atoms with Gasteiger partial charge < -0.3 is 16.0 Å². The van der Waals surface area contributed by atoms with Crippen molar-refractivity contribution in [1.82, 2.24) is 15.2 Å². The zero-order chi connectivity index (χ0) is 15.0. The van der Waals surface area contributed by atoms with Crippen LogP contribution in [0.3, 0.4) is 0 Å². The van der Waals surface area contributed by atoms with E-state index in [-0.39, 0.29) is 11.9 Å². The molecule has 1 aliphatic carbocycles. The summed E-state index contributed by atoms with van der Waals surface area (Å²) in [7, 11) is 1.95. The highest BCUT2D eigenvalue weighted by molar-refractivity contribution is 7.18. The van der Waals surface area contributed by atoms with Gasteiger partial charge in [0.1, 0.15) is 10.7 Å². The summed E-state index contributed by atoms with van der Waals surface area (Å²) in [6, 6.07) is 1.01. The smallest absolute Gasteiger partial charge is 0.265 e. The molecule has 0 radical (unpaired) electrons. The van der Waals surface area contributed by atoms with Crippen LogP contribution in [0.5, 0.6) is 0 Å². The molecule has 3 N–H and O–H groups in total. The second-order valence-electron chi connectivity index (χ2n) is 5.91. The van der Waals surface area contributed by atoms with Gasteiger partial charge in [0, 0.05) is 38.8 Å². The minimum atomic E-state index is -0.0802. The molecular formula is C14H23N5OS. The lowest BCUT2D eigenvalue weighted by atomic mass is 10.2. The topological polar surface area (TPSA) is 74.5 Å². The Balaban J connectivity index is 1.61. The third-order valence-corrected chi connectivity index (χ3v) is 5.45. The monoisotopic (exact) mass is 309 g/mol. The fourth-order valence-corrected chi connectivity index (χ4v) is 3.62. The van der Waals surface area contributed by atoms with Crippen LogP contribution in [0.25, 0.3) is 0 Å². The van der Waals surface area contributed by atoms with Crippen LogP contribution in [0.15, 0.2) is 0 Å². The van der Waals surface area contributed by atoms with Gasteiger partial charge in [0.2, 0.25) is 0 Å². The average molecular weight is 309 g/mol. The van der Waals surface area contributed by atoms with E-state index in [2.05, 4.69) is 15.2 Å². The molecule has 1 saturated carbocycles. The second-order valence-corrected chi connectivity index (χ2v) is 6.89. The van der Waals surface area contributed by atoms with Crippen molar-refractivity contribution in [3.05, 3.63) is 4.88 Å². The van der Waals surface area contributed by atoms with Gasteiger partial charge in [0.25, 0.3) is 5.91 Å². The Morgan fingerprint density at radius 3 is 2.95 bits per heavy atom. The highest BCUT2D eigenvalue weighted by atomic mass is 32.1. The zero-order valence-corrected chi connectivity index (χ0v) is 13.4. The summed E-state index contributed by atoms with van der Waals surface area (Å²) >= 11 is 1.37. The van der Waals surface area contributed by atoms with Crippen molar-refractivity contribution in [3.8, 4) is 0 Å². The van der Waals surface area contributed by atoms with Crippen molar-refractivity contribution in [2.75, 3.05) is 37.3 Å². The number of nitrogens with zero attached hydrogens (tertiary/aromatic N) is 3. The summed E-state index contributed by atoms with van der Waals surface area (Å²) in [5, 5.41) is 3.91. The predicted molar refractivity (Wildman–Crippen MR) is 85.9 cm³/mol. The summed E-state index contributed by atoms with van der Waals surface area (Å²) in [6.45, 7) is 4.95. The number of nitrogens with one attached hydrogen (secondary N) is 1. The maximum absolute atomic E-state index is 12.4. The van der Waals surface area contributed by atoms with E-state index in [9.17, 15) is 4.79 Å². The van der Waals surface area contributed by atoms with Gasteiger partial charge in [0.15, 0.2) is 5.13 Å². The summed E-state index contributed by atoms with van der Waals surface area (Å²) in [4.78, 5) is 21.7. The molecule has 21 heavy (non-hydrogen) atoms. The minimum absolute atomic E-state index is 0.0802. The molecule has 1 atom stereocenters. The van der Waals surface area contributed by atoms with Gasteiger partial charge in [-0.05, 0) is 26.2 Å². The molecule has 1 aliphatic heterocycles. The van der Waals surface area contributed by atoms with Gasteiger partial charge in [0.05, 0.1) is 0 Å². The van der Waals surface area contributed by atoms with E-state index in [1.807, 2.05) is 18.9 Å². The van der Waals surface area contributed by atoms with Gasteiger partial charge in [-0.25, -0.2) is 4.98 Å². The third kappa shape index (κ3) is 3.13. The number of hydrogen-bond donors (Lipinski definition) is 2. The summed E-state index contributed by atoms with van der Waals surface area (Å²) in [5.41, 5.74) is 5.90. The quantitative estimate of drug-likeness (QED) is 0.853. The van der Waals surface area contributed by atoms with Crippen molar-refractivity contribution in [3.63, 3.8) is 0 Å². The molecule has 2 heterocycles. The molecule has 1 aromatic rings. The first-order valence-corrected chi connectivity index (χ1v) is 8.42. The summed E-state index contributed by atoms with van der Waals surface area (Å²) in [5.74, 6) is 0.258. The van der Waals surface area contributed by atoms with Crippen LogP contribution in [-0.4, -0.2) is 54.6 Å². The predicted octanol–water partition coefficient (Wildman–Crippen LogP) is 1.15. The molecule has 7 heteroatoms. The van der Waals surface area contributed by atoms with E-state index >= 15 is 0 Å². The van der Waals surface area contributed by atoms with Crippen LogP contribution in [0.4, 0.5) is 10.9 Å². The number of nitrogen functional groups attached to an aromatic ring is 1. The number of amides is 1. The lowest BCUT2D eigenvalue weighted by molar-refractivity contribution is 0.0942. The first-order chi connectivity index (χ1) is 10.1. The van der Waals surface area contributed by atoms with Crippen molar-refractivity contribution in [2.24, 2.45) is 0 Å². The Kier molecular flexibility index (Phi) is 4.03. The maximum atomic E-state index is 12.4. The SMILES string of the molecule is CCN(C)c1nc(N)c(C(=O)NC2CCN(C3CC3)C2)s1. The number of rotatable bonds is 5. The summed E-state index contributed by atoms with van der Waals surface area (Å²) < 4.78 is 0. The van der Waals surface area contributed by atoms with E-state index in [0.717, 1.165) is 37.2 Å². The molecule has 2 fully saturated rings. The van der Waals surface area contributed by atoms with Gasteiger partial charge in [-0.15, -0.1) is 0 Å². The number of anilines is 2. The number of hydrogen-bond acceptors (Lipinski definition) is 6. The molecule has 2 aliphatic rings. The van der Waals surface area contributed by atoms with Crippen LogP contribution >= 0.6 is 11.3 Å². The van der Waals surface area contributed by atoms with E-state index in [1.54, 1.807) is 0 Å². The second kappa shape index (κ2) is 5.81. The van der Waals surface area contributed by atoms with Crippen LogP contribution in [0, 0.1) is 0 Å². The van der Waals surface area contributed by atoms with Crippen molar-refractivity contribution >= 4 is 28.2 Å². The molecule has 0 aromatic carbocycles. The van der Waals surface area contributed by atoms with Gasteiger partial charge in [-0.2, -0.15) is 0 Å². The lowest BCUT2D eigenvalue weighted by Crippen LogP contribution is -2.37. The van der Waals surface area contributed by atoms with Gasteiger partial charge in [-0.3, -0.25) is 9.69 Å². The van der Waals surface area contributed by atoms with Crippen LogP contribution < -0.4 is 16.0 Å². The van der Waals surface area contributed by atoms with Crippen LogP contribution in [0.1, 0.15) is 35.9 Å². The standard InChI is InChI=1S/C14H23N5OS/c1-3-18(2)14-17-12(15)11(21-14)13(20)16-9-6-7-19(8-9)10-4-5-10/h9-10H,3-8,15H2,1-2H3,(H,16,20). The number of nitrogens with two attached hydrogens (primary N) is 1. The normalized spacial score (nSPS) is 22.5. The number of thiazole rings is 1. The molecule has 1 unspecified atom stereocenters. The fraction of sp³-hybridized carbons (Fsp3) is 0.714. The zero-order valence-electron chi connectivity index (χ0n) is 12.6.